The number of rotatable bonds is 7. The Balaban J connectivity index is 1.52. The summed E-state index contributed by atoms with van der Waals surface area (Å²) >= 11 is 1.69. The normalized spacial score (nSPS) is 10.8. The van der Waals surface area contributed by atoms with Gasteiger partial charge in [-0.2, -0.15) is 5.10 Å². The van der Waals surface area contributed by atoms with E-state index in [1.54, 1.807) is 30.0 Å². The van der Waals surface area contributed by atoms with Gasteiger partial charge in [-0.25, -0.2) is 4.79 Å². The van der Waals surface area contributed by atoms with Crippen LogP contribution in [0.3, 0.4) is 0 Å². The molecule has 0 spiro atoms. The van der Waals surface area contributed by atoms with Crippen molar-refractivity contribution in [2.45, 2.75) is 37.6 Å². The minimum absolute atomic E-state index is 0.144. The molecule has 27 heavy (non-hydrogen) atoms. The Morgan fingerprint density at radius 3 is 2.70 bits per heavy atom. The van der Waals surface area contributed by atoms with Crippen molar-refractivity contribution in [1.82, 2.24) is 14.7 Å². The fourth-order valence-electron chi connectivity index (χ4n) is 2.61. The summed E-state index contributed by atoms with van der Waals surface area (Å²) in [6, 6.07) is 11.5. The molecule has 0 aliphatic carbocycles. The molecule has 0 unspecified atom stereocenters. The molecule has 0 saturated heterocycles. The van der Waals surface area contributed by atoms with Crippen LogP contribution in [-0.2, 0) is 18.8 Å². The van der Waals surface area contributed by atoms with Gasteiger partial charge in [0, 0.05) is 35.9 Å². The van der Waals surface area contributed by atoms with Crippen LogP contribution < -0.4 is 5.32 Å². The molecule has 0 atom stereocenters. The van der Waals surface area contributed by atoms with Crippen molar-refractivity contribution >= 4 is 23.5 Å². The molecule has 2 heterocycles. The average molecular weight is 385 g/mol. The number of furan rings is 1. The van der Waals surface area contributed by atoms with Gasteiger partial charge in [-0.1, -0.05) is 0 Å². The number of urea groups is 1. The Bertz CT molecular complexity index is 872. The third-order valence-electron chi connectivity index (χ3n) is 4.19. The van der Waals surface area contributed by atoms with Gasteiger partial charge in [-0.05, 0) is 50.2 Å². The fraction of sp³-hybridized carbons (Fsp3) is 0.300. The number of benzene rings is 1. The molecule has 6 nitrogen and oxygen atoms in total. The highest BCUT2D eigenvalue weighted by Crippen LogP contribution is 2.24. The monoisotopic (exact) mass is 384 g/mol. The van der Waals surface area contributed by atoms with Gasteiger partial charge in [0.15, 0.2) is 0 Å². The van der Waals surface area contributed by atoms with Crippen molar-refractivity contribution in [3.63, 3.8) is 0 Å². The molecule has 0 radical (unpaired) electrons. The number of carbonyl (C=O) groups is 1. The zero-order valence-corrected chi connectivity index (χ0v) is 16.6. The van der Waals surface area contributed by atoms with Crippen molar-refractivity contribution in [2.75, 3.05) is 12.4 Å². The van der Waals surface area contributed by atoms with Gasteiger partial charge in [0.25, 0.3) is 0 Å². The highest BCUT2D eigenvalue weighted by Gasteiger charge is 2.13. The van der Waals surface area contributed by atoms with Crippen LogP contribution in [0.2, 0.25) is 0 Å². The maximum absolute atomic E-state index is 12.4. The second kappa shape index (κ2) is 8.81. The Morgan fingerprint density at radius 2 is 2.07 bits per heavy atom. The lowest BCUT2D eigenvalue weighted by Crippen LogP contribution is -2.30. The molecule has 1 aromatic carbocycles. The number of amides is 2. The van der Waals surface area contributed by atoms with Crippen LogP contribution in [0.4, 0.5) is 10.5 Å². The number of thioether (sulfide) groups is 1. The maximum Gasteiger partial charge on any atom is 0.321 e. The zero-order chi connectivity index (χ0) is 19.2. The predicted molar refractivity (Wildman–Crippen MR) is 108 cm³/mol. The molecular weight excluding hydrogens is 360 g/mol. The Labute approximate surface area is 163 Å². The van der Waals surface area contributed by atoms with E-state index in [9.17, 15) is 4.79 Å². The van der Waals surface area contributed by atoms with E-state index in [0.717, 1.165) is 39.9 Å². The van der Waals surface area contributed by atoms with Gasteiger partial charge < -0.3 is 14.6 Å². The van der Waals surface area contributed by atoms with E-state index >= 15 is 0 Å². The molecule has 0 aliphatic heterocycles. The summed E-state index contributed by atoms with van der Waals surface area (Å²) in [6.07, 6.45) is 3.67. The number of nitrogens with one attached hydrogen (secondary N) is 1. The molecule has 0 saturated carbocycles. The van der Waals surface area contributed by atoms with Gasteiger partial charge in [-0.15, -0.1) is 11.8 Å². The van der Waals surface area contributed by atoms with E-state index in [1.807, 2.05) is 61.1 Å². The lowest BCUT2D eigenvalue weighted by atomic mass is 10.2. The van der Waals surface area contributed by atoms with E-state index < -0.39 is 0 Å². The van der Waals surface area contributed by atoms with E-state index in [2.05, 4.69) is 10.4 Å². The Hall–Kier alpha value is -2.67. The smallest absolute Gasteiger partial charge is 0.321 e. The van der Waals surface area contributed by atoms with Crippen molar-refractivity contribution in [3.8, 4) is 0 Å². The predicted octanol–water partition coefficient (Wildman–Crippen LogP) is 4.76. The van der Waals surface area contributed by atoms with Crippen LogP contribution in [0.1, 0.15) is 23.9 Å². The summed E-state index contributed by atoms with van der Waals surface area (Å²) in [6.45, 7) is 5.35. The summed E-state index contributed by atoms with van der Waals surface area (Å²) in [5.41, 5.74) is 2.78. The first-order valence-electron chi connectivity index (χ1n) is 8.85. The fourth-order valence-corrected chi connectivity index (χ4v) is 3.41. The number of carbonyl (C=O) groups excluding carboxylic acids is 1. The number of aryl methyl sites for hydroxylation is 2. The minimum Gasteiger partial charge on any atom is -0.468 e. The van der Waals surface area contributed by atoms with Crippen LogP contribution in [0.5, 0.6) is 0 Å². The quantitative estimate of drug-likeness (QED) is 0.597. The van der Waals surface area contributed by atoms with Gasteiger partial charge in [0.2, 0.25) is 0 Å². The first kappa shape index (κ1) is 19.1. The number of nitrogens with zero attached hydrogens (tertiary/aromatic N) is 3. The Kier molecular flexibility index (Phi) is 6.24. The third-order valence-corrected chi connectivity index (χ3v) is 5.23. The van der Waals surface area contributed by atoms with Crippen LogP contribution in [0, 0.1) is 6.92 Å². The van der Waals surface area contributed by atoms with Crippen molar-refractivity contribution in [2.24, 2.45) is 0 Å². The van der Waals surface area contributed by atoms with E-state index in [0.29, 0.717) is 6.54 Å². The molecule has 1 N–H and O–H groups in total. The van der Waals surface area contributed by atoms with Gasteiger partial charge >= 0.3 is 6.03 Å². The molecule has 7 heteroatoms. The standard InChI is InChI=1S/C20H24N4O2S/c1-4-24-13-16(15(2)22-24)12-23(3)20(25)21-17-7-9-19(10-8-17)27-14-18-6-5-11-26-18/h5-11,13H,4,12,14H2,1-3H3,(H,21,25). The summed E-state index contributed by atoms with van der Waals surface area (Å²) in [7, 11) is 1.78. The molecule has 2 aromatic heterocycles. The van der Waals surface area contributed by atoms with E-state index in [1.165, 1.54) is 0 Å². The molecule has 0 fully saturated rings. The summed E-state index contributed by atoms with van der Waals surface area (Å²) in [4.78, 5) is 15.2. The van der Waals surface area contributed by atoms with Crippen molar-refractivity contribution in [1.29, 1.82) is 0 Å². The molecule has 0 bridgehead atoms. The zero-order valence-electron chi connectivity index (χ0n) is 15.8. The molecule has 2 amide bonds. The first-order valence-corrected chi connectivity index (χ1v) is 9.84. The summed E-state index contributed by atoms with van der Waals surface area (Å²) in [5, 5.41) is 7.35. The molecule has 3 rings (SSSR count). The second-order valence-corrected chi connectivity index (χ2v) is 7.32. The van der Waals surface area contributed by atoms with Crippen molar-refractivity contribution in [3.05, 3.63) is 65.9 Å². The van der Waals surface area contributed by atoms with Gasteiger partial charge in [0.1, 0.15) is 5.76 Å². The number of aromatic nitrogens is 2. The lowest BCUT2D eigenvalue weighted by molar-refractivity contribution is 0.220. The highest BCUT2D eigenvalue weighted by molar-refractivity contribution is 7.98. The van der Waals surface area contributed by atoms with E-state index in [4.69, 9.17) is 4.42 Å². The van der Waals surface area contributed by atoms with Gasteiger partial charge in [-0.3, -0.25) is 4.68 Å². The number of hydrogen-bond donors (Lipinski definition) is 1. The van der Waals surface area contributed by atoms with Crippen LogP contribution >= 0.6 is 11.8 Å². The maximum atomic E-state index is 12.4. The minimum atomic E-state index is -0.144. The van der Waals surface area contributed by atoms with E-state index in [-0.39, 0.29) is 6.03 Å². The summed E-state index contributed by atoms with van der Waals surface area (Å²) in [5.74, 6) is 1.73. The largest absolute Gasteiger partial charge is 0.468 e. The summed E-state index contributed by atoms with van der Waals surface area (Å²) < 4.78 is 7.22. The number of hydrogen-bond acceptors (Lipinski definition) is 4. The first-order chi connectivity index (χ1) is 13.0. The average Bonchev–Trinajstić information content (AvgIpc) is 3.31. The second-order valence-electron chi connectivity index (χ2n) is 6.27. The molecule has 3 aromatic rings. The SMILES string of the molecule is CCn1cc(CN(C)C(=O)Nc2ccc(SCc3ccco3)cc2)c(C)n1. The van der Waals surface area contributed by atoms with Crippen LogP contribution in [0.25, 0.3) is 0 Å². The van der Waals surface area contributed by atoms with Crippen LogP contribution in [0.15, 0.2) is 58.2 Å². The molecule has 142 valence electrons. The molecule has 0 aliphatic rings. The number of anilines is 1. The Morgan fingerprint density at radius 1 is 1.30 bits per heavy atom. The third kappa shape index (κ3) is 5.17. The van der Waals surface area contributed by atoms with Crippen molar-refractivity contribution < 1.29 is 9.21 Å². The van der Waals surface area contributed by atoms with Crippen LogP contribution in [-0.4, -0.2) is 27.8 Å². The lowest BCUT2D eigenvalue weighted by Gasteiger charge is -2.17. The molecular formula is C20H24N4O2S. The highest BCUT2D eigenvalue weighted by atomic mass is 32.2. The topological polar surface area (TPSA) is 63.3 Å². The van der Waals surface area contributed by atoms with Gasteiger partial charge in [0.05, 0.1) is 24.3 Å².